The summed E-state index contributed by atoms with van der Waals surface area (Å²) in [5.41, 5.74) is 1.25. The Hall–Kier alpha value is -1.58. The molecule has 1 amide bonds. The first-order valence-electron chi connectivity index (χ1n) is 11.9. The second-order valence-corrected chi connectivity index (χ2v) is 8.77. The van der Waals surface area contributed by atoms with E-state index in [1.165, 1.54) is 24.9 Å². The third-order valence-electron chi connectivity index (χ3n) is 6.17. The number of likely N-dealkylation sites (N-methyl/N-ethyl adjacent to an activating group) is 1. The number of nitrogens with one attached hydrogen (secondary N) is 2. The van der Waals surface area contributed by atoms with Crippen LogP contribution in [0, 0.1) is 11.8 Å². The quantitative estimate of drug-likeness (QED) is 0.246. The number of pyridine rings is 1. The van der Waals surface area contributed by atoms with E-state index < -0.39 is 0 Å². The maximum absolute atomic E-state index is 12.0. The van der Waals surface area contributed by atoms with Gasteiger partial charge >= 0.3 is 0 Å². The number of hydrogen-bond donors (Lipinski definition) is 2. The van der Waals surface area contributed by atoms with Crippen LogP contribution in [0.15, 0.2) is 29.5 Å². The first-order chi connectivity index (χ1) is 15.0. The van der Waals surface area contributed by atoms with Gasteiger partial charge in [0.05, 0.1) is 0 Å². The number of carbonyl (C=O) groups is 1. The number of unbranched alkanes of at least 4 members (excludes halogenated alkanes) is 1. The van der Waals surface area contributed by atoms with Crippen molar-refractivity contribution >= 4 is 41.5 Å². The first-order valence-corrected chi connectivity index (χ1v) is 11.9. The molecule has 1 aromatic rings. The Balaban J connectivity index is 0.00000512. The molecule has 1 aliphatic rings. The molecule has 1 atom stereocenters. The Bertz CT molecular complexity index is 662. The minimum absolute atomic E-state index is 0. The van der Waals surface area contributed by atoms with Gasteiger partial charge < -0.3 is 20.4 Å². The number of rotatable bonds is 11. The molecule has 2 N–H and O–H groups in total. The van der Waals surface area contributed by atoms with Crippen LogP contribution in [-0.4, -0.2) is 68.6 Å². The van der Waals surface area contributed by atoms with E-state index >= 15 is 0 Å². The molecule has 1 aromatic heterocycles. The minimum atomic E-state index is 0. The number of nitrogens with zero attached hydrogens (tertiary/aromatic N) is 4. The Kier molecular flexibility index (Phi) is 14.3. The second-order valence-electron chi connectivity index (χ2n) is 8.77. The van der Waals surface area contributed by atoms with Crippen LogP contribution in [0.25, 0.3) is 0 Å². The maximum Gasteiger partial charge on any atom is 0.243 e. The van der Waals surface area contributed by atoms with E-state index in [9.17, 15) is 4.79 Å². The molecule has 0 aromatic carbocycles. The zero-order chi connectivity index (χ0) is 22.5. The van der Waals surface area contributed by atoms with Crippen molar-refractivity contribution in [3.63, 3.8) is 0 Å². The lowest BCUT2D eigenvalue weighted by molar-refractivity contribution is -0.127. The van der Waals surface area contributed by atoms with Crippen molar-refractivity contribution in [1.82, 2.24) is 20.5 Å². The fourth-order valence-electron chi connectivity index (χ4n) is 3.84. The highest BCUT2D eigenvalue weighted by Gasteiger charge is 2.20. The smallest absolute Gasteiger partial charge is 0.243 e. The van der Waals surface area contributed by atoms with Crippen molar-refractivity contribution in [2.45, 2.75) is 52.4 Å². The van der Waals surface area contributed by atoms with E-state index in [2.05, 4.69) is 51.5 Å². The monoisotopic (exact) mass is 558 g/mol. The summed E-state index contributed by atoms with van der Waals surface area (Å²) in [4.78, 5) is 24.7. The lowest BCUT2D eigenvalue weighted by Gasteiger charge is -2.33. The number of aliphatic imine (C=N–C) groups is 1. The molecule has 0 bridgehead atoms. The van der Waals surface area contributed by atoms with Gasteiger partial charge in [0.1, 0.15) is 6.54 Å². The van der Waals surface area contributed by atoms with Crippen LogP contribution < -0.4 is 15.5 Å². The Morgan fingerprint density at radius 1 is 1.22 bits per heavy atom. The number of hydrogen-bond acceptors (Lipinski definition) is 4. The highest BCUT2D eigenvalue weighted by atomic mass is 127. The molecule has 2 heterocycles. The summed E-state index contributed by atoms with van der Waals surface area (Å²) in [5, 5.41) is 7.01. The Morgan fingerprint density at radius 2 is 1.91 bits per heavy atom. The minimum Gasteiger partial charge on any atom is -0.371 e. The fourth-order valence-corrected chi connectivity index (χ4v) is 3.84. The van der Waals surface area contributed by atoms with E-state index in [0.29, 0.717) is 11.8 Å². The van der Waals surface area contributed by atoms with Crippen molar-refractivity contribution in [2.75, 3.05) is 51.7 Å². The van der Waals surface area contributed by atoms with Gasteiger partial charge in [-0.3, -0.25) is 9.78 Å². The molecule has 182 valence electrons. The molecule has 2 rings (SSSR count). The third-order valence-corrected chi connectivity index (χ3v) is 6.17. The number of carbonyl (C=O) groups excluding carboxylic acids is 1. The van der Waals surface area contributed by atoms with E-state index in [4.69, 9.17) is 0 Å². The van der Waals surface area contributed by atoms with Gasteiger partial charge in [0, 0.05) is 58.4 Å². The van der Waals surface area contributed by atoms with Crippen LogP contribution in [-0.2, 0) is 4.79 Å². The molecule has 0 radical (unpaired) electrons. The Labute approximate surface area is 211 Å². The molecule has 0 aliphatic carbocycles. The normalized spacial score (nSPS) is 15.6. The predicted octanol–water partition coefficient (Wildman–Crippen LogP) is 3.76. The summed E-state index contributed by atoms with van der Waals surface area (Å²) >= 11 is 0. The van der Waals surface area contributed by atoms with Gasteiger partial charge in [0.25, 0.3) is 0 Å². The van der Waals surface area contributed by atoms with E-state index in [1.807, 2.05) is 12.4 Å². The fraction of sp³-hybridized carbons (Fsp3) is 0.708. The van der Waals surface area contributed by atoms with Crippen LogP contribution in [0.2, 0.25) is 0 Å². The van der Waals surface area contributed by atoms with Crippen LogP contribution in [0.1, 0.15) is 52.4 Å². The molecule has 32 heavy (non-hydrogen) atoms. The highest BCUT2D eigenvalue weighted by molar-refractivity contribution is 14.0. The van der Waals surface area contributed by atoms with E-state index in [-0.39, 0.29) is 36.4 Å². The summed E-state index contributed by atoms with van der Waals surface area (Å²) in [6.07, 6.45) is 10.9. The third kappa shape index (κ3) is 10.4. The lowest BCUT2D eigenvalue weighted by atomic mass is 9.96. The number of aromatic nitrogens is 1. The largest absolute Gasteiger partial charge is 0.371 e. The zero-order valence-electron chi connectivity index (χ0n) is 20.3. The molecule has 0 spiro atoms. The van der Waals surface area contributed by atoms with Crippen molar-refractivity contribution < 1.29 is 4.79 Å². The standard InChI is InChI=1S/C24H42N6O.HI/c1-5-7-8-20(6-2)17-26-24(28-19-23(31)29(3)4)27-18-21-11-15-30(16-12-21)22-9-13-25-14-10-22;/h9-10,13-14,20-21H,5-8,11-12,15-19H2,1-4H3,(H2,26,27,28);1H. The van der Waals surface area contributed by atoms with Gasteiger partial charge in [-0.15, -0.1) is 24.0 Å². The van der Waals surface area contributed by atoms with Crippen LogP contribution in [0.5, 0.6) is 0 Å². The van der Waals surface area contributed by atoms with Gasteiger partial charge in [0.2, 0.25) is 5.91 Å². The molecule has 0 saturated carbocycles. The number of guanidine groups is 1. The van der Waals surface area contributed by atoms with Crippen LogP contribution >= 0.6 is 24.0 Å². The molecule has 7 nitrogen and oxygen atoms in total. The van der Waals surface area contributed by atoms with Gasteiger partial charge in [0.15, 0.2) is 5.96 Å². The Morgan fingerprint density at radius 3 is 2.50 bits per heavy atom. The SMILES string of the molecule is CCCCC(CC)CNC(=NCC(=O)N(C)C)NCC1CCN(c2ccncc2)CC1.I. The highest BCUT2D eigenvalue weighted by Crippen LogP contribution is 2.22. The molecule has 1 fully saturated rings. The molecule has 1 aliphatic heterocycles. The van der Waals surface area contributed by atoms with E-state index in [0.717, 1.165) is 51.4 Å². The summed E-state index contributed by atoms with van der Waals surface area (Å²) in [6, 6.07) is 4.16. The molecular formula is C24H43IN6O. The van der Waals surface area contributed by atoms with Crippen molar-refractivity contribution in [3.05, 3.63) is 24.5 Å². The molecular weight excluding hydrogens is 515 g/mol. The zero-order valence-corrected chi connectivity index (χ0v) is 22.7. The second kappa shape index (κ2) is 16.1. The number of halogens is 1. The molecule has 1 saturated heterocycles. The topological polar surface area (TPSA) is 72.9 Å². The molecule has 1 unspecified atom stereocenters. The van der Waals surface area contributed by atoms with E-state index in [1.54, 1.807) is 19.0 Å². The number of piperidine rings is 1. The molecule has 8 heteroatoms. The lowest BCUT2D eigenvalue weighted by Crippen LogP contribution is -2.44. The van der Waals surface area contributed by atoms with Crippen LogP contribution in [0.4, 0.5) is 5.69 Å². The summed E-state index contributed by atoms with van der Waals surface area (Å²) in [6.45, 7) is 8.57. The predicted molar refractivity (Wildman–Crippen MR) is 145 cm³/mol. The van der Waals surface area contributed by atoms with Gasteiger partial charge in [-0.1, -0.05) is 33.1 Å². The maximum atomic E-state index is 12.0. The van der Waals surface area contributed by atoms with Crippen molar-refractivity contribution in [2.24, 2.45) is 16.8 Å². The summed E-state index contributed by atoms with van der Waals surface area (Å²) in [7, 11) is 3.54. The van der Waals surface area contributed by atoms with Gasteiger partial charge in [-0.2, -0.15) is 0 Å². The number of anilines is 1. The van der Waals surface area contributed by atoms with Crippen molar-refractivity contribution in [3.8, 4) is 0 Å². The van der Waals surface area contributed by atoms with Crippen molar-refractivity contribution in [1.29, 1.82) is 0 Å². The van der Waals surface area contributed by atoms with Crippen LogP contribution in [0.3, 0.4) is 0 Å². The average Bonchev–Trinajstić information content (AvgIpc) is 2.80. The number of amides is 1. The summed E-state index contributed by atoms with van der Waals surface area (Å²) < 4.78 is 0. The summed E-state index contributed by atoms with van der Waals surface area (Å²) in [5.74, 6) is 2.03. The first kappa shape index (κ1) is 28.5. The average molecular weight is 559 g/mol. The van der Waals surface area contributed by atoms with Gasteiger partial charge in [-0.25, -0.2) is 4.99 Å². The van der Waals surface area contributed by atoms with Gasteiger partial charge in [-0.05, 0) is 43.2 Å².